The van der Waals surface area contributed by atoms with Gasteiger partial charge in [0.15, 0.2) is 0 Å². The van der Waals surface area contributed by atoms with Gasteiger partial charge in [-0.3, -0.25) is 14.4 Å². The molecule has 7 nitrogen and oxygen atoms in total. The summed E-state index contributed by atoms with van der Waals surface area (Å²) in [5, 5.41) is 8.89. The largest absolute Gasteiger partial charge is 0.460 e. The van der Waals surface area contributed by atoms with Crippen LogP contribution in [0.5, 0.6) is 0 Å². The van der Waals surface area contributed by atoms with Crippen LogP contribution in [0.1, 0.15) is 53.7 Å². The van der Waals surface area contributed by atoms with Gasteiger partial charge in [0.1, 0.15) is 22.6 Å². The SMILES string of the molecule is CC(C)(C)OC(=O)CCC(C(N)=O)N1Cc2cc(C#N)sc2C1=O. The molecular weight excluding hydrogens is 330 g/mol. The van der Waals surface area contributed by atoms with Gasteiger partial charge in [-0.25, -0.2) is 0 Å². The Bertz CT molecular complexity index is 727. The molecule has 0 bridgehead atoms. The summed E-state index contributed by atoms with van der Waals surface area (Å²) in [7, 11) is 0. The van der Waals surface area contributed by atoms with Gasteiger partial charge in [0.2, 0.25) is 5.91 Å². The van der Waals surface area contributed by atoms with Gasteiger partial charge >= 0.3 is 5.97 Å². The fourth-order valence-electron chi connectivity index (χ4n) is 2.52. The number of nitrogens with two attached hydrogens (primary N) is 1. The molecule has 0 spiro atoms. The molecule has 8 heteroatoms. The summed E-state index contributed by atoms with van der Waals surface area (Å²) in [4.78, 5) is 38.3. The Hall–Kier alpha value is -2.40. The first-order chi connectivity index (χ1) is 11.1. The van der Waals surface area contributed by atoms with Crippen LogP contribution in [-0.4, -0.2) is 34.3 Å². The second-order valence-electron chi connectivity index (χ2n) is 6.55. The number of hydrogen-bond donors (Lipinski definition) is 1. The average molecular weight is 349 g/mol. The maximum atomic E-state index is 12.4. The van der Waals surface area contributed by atoms with Crippen molar-refractivity contribution >= 4 is 29.1 Å². The Morgan fingerprint density at radius 1 is 1.50 bits per heavy atom. The van der Waals surface area contributed by atoms with E-state index in [1.165, 1.54) is 4.90 Å². The van der Waals surface area contributed by atoms with Crippen molar-refractivity contribution in [3.05, 3.63) is 21.4 Å². The number of nitriles is 1. The Morgan fingerprint density at radius 2 is 2.17 bits per heavy atom. The highest BCUT2D eigenvalue weighted by Crippen LogP contribution is 2.32. The third-order valence-corrected chi connectivity index (χ3v) is 4.53. The number of fused-ring (bicyclic) bond motifs is 1. The molecule has 1 aliphatic rings. The van der Waals surface area contributed by atoms with Crippen LogP contribution in [0, 0.1) is 11.3 Å². The Labute approximate surface area is 144 Å². The first-order valence-electron chi connectivity index (χ1n) is 7.47. The van der Waals surface area contributed by atoms with Crippen LogP contribution < -0.4 is 5.73 Å². The lowest BCUT2D eigenvalue weighted by atomic mass is 10.1. The van der Waals surface area contributed by atoms with E-state index in [0.29, 0.717) is 15.3 Å². The normalized spacial score (nSPS) is 14.9. The summed E-state index contributed by atoms with van der Waals surface area (Å²) in [6.07, 6.45) is 0.0990. The molecule has 1 atom stereocenters. The van der Waals surface area contributed by atoms with Crippen molar-refractivity contribution in [2.75, 3.05) is 0 Å². The third kappa shape index (κ3) is 3.92. The minimum Gasteiger partial charge on any atom is -0.460 e. The quantitative estimate of drug-likeness (QED) is 0.810. The number of carbonyl (C=O) groups excluding carboxylic acids is 3. The van der Waals surface area contributed by atoms with E-state index >= 15 is 0 Å². The molecular formula is C16H19N3O4S. The number of rotatable bonds is 5. The van der Waals surface area contributed by atoms with E-state index in [9.17, 15) is 14.4 Å². The zero-order chi connectivity index (χ0) is 18.1. The number of carbonyl (C=O) groups is 3. The summed E-state index contributed by atoms with van der Waals surface area (Å²) in [6, 6.07) is 2.76. The van der Waals surface area contributed by atoms with E-state index < -0.39 is 23.5 Å². The zero-order valence-corrected chi connectivity index (χ0v) is 14.6. The summed E-state index contributed by atoms with van der Waals surface area (Å²) in [5.74, 6) is -1.44. The molecule has 1 unspecified atom stereocenters. The lowest BCUT2D eigenvalue weighted by Crippen LogP contribution is -2.45. The van der Waals surface area contributed by atoms with Gasteiger partial charge in [0.05, 0.1) is 4.88 Å². The number of esters is 1. The van der Waals surface area contributed by atoms with E-state index in [1.54, 1.807) is 26.8 Å². The molecule has 1 aliphatic heterocycles. The van der Waals surface area contributed by atoms with E-state index in [-0.39, 0.29) is 25.3 Å². The molecule has 0 aliphatic carbocycles. The molecule has 2 heterocycles. The maximum Gasteiger partial charge on any atom is 0.306 e. The minimum absolute atomic E-state index is 0.00818. The lowest BCUT2D eigenvalue weighted by molar-refractivity contribution is -0.155. The highest BCUT2D eigenvalue weighted by Gasteiger charge is 2.37. The van der Waals surface area contributed by atoms with Gasteiger partial charge in [0, 0.05) is 13.0 Å². The second-order valence-corrected chi connectivity index (χ2v) is 7.61. The van der Waals surface area contributed by atoms with Crippen LogP contribution in [0.4, 0.5) is 0 Å². The summed E-state index contributed by atoms with van der Waals surface area (Å²) in [6.45, 7) is 5.48. The van der Waals surface area contributed by atoms with Gasteiger partial charge in [-0.1, -0.05) is 0 Å². The Morgan fingerprint density at radius 3 is 2.67 bits per heavy atom. The Balaban J connectivity index is 2.06. The number of ether oxygens (including phenoxy) is 1. The highest BCUT2D eigenvalue weighted by molar-refractivity contribution is 7.14. The van der Waals surface area contributed by atoms with Gasteiger partial charge < -0.3 is 15.4 Å². The number of nitrogens with zero attached hydrogens (tertiary/aromatic N) is 2. The predicted molar refractivity (Wildman–Crippen MR) is 87.0 cm³/mol. The summed E-state index contributed by atoms with van der Waals surface area (Å²) < 4.78 is 5.21. The van der Waals surface area contributed by atoms with Crippen LogP contribution in [0.25, 0.3) is 0 Å². The summed E-state index contributed by atoms with van der Waals surface area (Å²) >= 11 is 1.10. The second kappa shape index (κ2) is 6.61. The molecule has 0 saturated carbocycles. The molecule has 128 valence electrons. The van der Waals surface area contributed by atoms with E-state index in [2.05, 4.69) is 0 Å². The first kappa shape index (κ1) is 17.9. The van der Waals surface area contributed by atoms with Crippen molar-refractivity contribution in [3.8, 4) is 6.07 Å². The summed E-state index contributed by atoms with van der Waals surface area (Å²) in [5.41, 5.74) is 5.52. The molecule has 2 amide bonds. The van der Waals surface area contributed by atoms with Gasteiger partial charge in [-0.2, -0.15) is 5.26 Å². The van der Waals surface area contributed by atoms with E-state index in [0.717, 1.165) is 11.3 Å². The molecule has 0 saturated heterocycles. The molecule has 0 radical (unpaired) electrons. The highest BCUT2D eigenvalue weighted by atomic mass is 32.1. The predicted octanol–water partition coefficient (Wildman–Crippen LogP) is 1.55. The monoisotopic (exact) mass is 349 g/mol. The third-order valence-electron chi connectivity index (χ3n) is 3.46. The smallest absolute Gasteiger partial charge is 0.306 e. The molecule has 0 fully saturated rings. The first-order valence-corrected chi connectivity index (χ1v) is 8.29. The molecule has 24 heavy (non-hydrogen) atoms. The van der Waals surface area contributed by atoms with Crippen LogP contribution in [0.3, 0.4) is 0 Å². The van der Waals surface area contributed by atoms with Crippen molar-refractivity contribution in [2.24, 2.45) is 5.73 Å². The fourth-order valence-corrected chi connectivity index (χ4v) is 3.44. The zero-order valence-electron chi connectivity index (χ0n) is 13.8. The molecule has 2 N–H and O–H groups in total. The number of amides is 2. The fraction of sp³-hybridized carbons (Fsp3) is 0.500. The van der Waals surface area contributed by atoms with Crippen molar-refractivity contribution in [3.63, 3.8) is 0 Å². The van der Waals surface area contributed by atoms with Crippen molar-refractivity contribution < 1.29 is 19.1 Å². The van der Waals surface area contributed by atoms with Crippen LogP contribution in [0.2, 0.25) is 0 Å². The molecule has 1 aromatic heterocycles. The minimum atomic E-state index is -0.879. The van der Waals surface area contributed by atoms with Crippen molar-refractivity contribution in [1.82, 2.24) is 4.90 Å². The van der Waals surface area contributed by atoms with Crippen molar-refractivity contribution in [2.45, 2.75) is 51.8 Å². The van der Waals surface area contributed by atoms with Crippen LogP contribution in [-0.2, 0) is 20.9 Å². The number of primary amides is 1. The van der Waals surface area contributed by atoms with Gasteiger partial charge in [-0.15, -0.1) is 11.3 Å². The topological polar surface area (TPSA) is 113 Å². The van der Waals surface area contributed by atoms with E-state index in [4.69, 9.17) is 15.7 Å². The van der Waals surface area contributed by atoms with Crippen molar-refractivity contribution in [1.29, 1.82) is 5.26 Å². The van der Waals surface area contributed by atoms with E-state index in [1.807, 2.05) is 6.07 Å². The average Bonchev–Trinajstić information content (AvgIpc) is 2.97. The molecule has 2 rings (SSSR count). The number of thiophene rings is 1. The van der Waals surface area contributed by atoms with Gasteiger partial charge in [0.25, 0.3) is 5.91 Å². The number of hydrogen-bond acceptors (Lipinski definition) is 6. The maximum absolute atomic E-state index is 12.4. The standard InChI is InChI=1S/C16H19N3O4S/c1-16(2,3)23-12(20)5-4-11(14(18)21)19-8-9-6-10(7-17)24-13(9)15(19)22/h6,11H,4-5,8H2,1-3H3,(H2,18,21). The van der Waals surface area contributed by atoms with Crippen LogP contribution >= 0.6 is 11.3 Å². The molecule has 1 aromatic rings. The van der Waals surface area contributed by atoms with Crippen LogP contribution in [0.15, 0.2) is 6.07 Å². The van der Waals surface area contributed by atoms with Gasteiger partial charge in [-0.05, 0) is 38.8 Å². The Kier molecular flexibility index (Phi) is 4.94. The lowest BCUT2D eigenvalue weighted by Gasteiger charge is -2.25. The molecule has 0 aromatic carbocycles.